The molecule has 0 spiro atoms. The van der Waals surface area contributed by atoms with Crippen molar-refractivity contribution in [1.82, 2.24) is 0 Å². The van der Waals surface area contributed by atoms with Gasteiger partial charge in [0, 0.05) is 0 Å². The summed E-state index contributed by atoms with van der Waals surface area (Å²) in [5.74, 6) is 0.692. The third-order valence-corrected chi connectivity index (χ3v) is 2.71. The van der Waals surface area contributed by atoms with E-state index in [4.69, 9.17) is 10.5 Å². The molecule has 20 heavy (non-hydrogen) atoms. The van der Waals surface area contributed by atoms with Crippen molar-refractivity contribution in [2.24, 2.45) is 0 Å². The number of nitrogens with two attached hydrogens (primary N) is 1. The van der Waals surface area contributed by atoms with E-state index < -0.39 is 6.61 Å². The fourth-order valence-electron chi connectivity index (χ4n) is 1.84. The Balaban J connectivity index is 2.34. The molecule has 0 aliphatic heterocycles. The average Bonchev–Trinajstić information content (AvgIpc) is 2.41. The third-order valence-electron chi connectivity index (χ3n) is 2.71. The van der Waals surface area contributed by atoms with E-state index in [-0.39, 0.29) is 11.4 Å². The van der Waals surface area contributed by atoms with E-state index in [1.54, 1.807) is 12.1 Å². The van der Waals surface area contributed by atoms with Gasteiger partial charge in [0.25, 0.3) is 0 Å². The quantitative estimate of drug-likeness (QED) is 0.843. The van der Waals surface area contributed by atoms with Gasteiger partial charge in [0.05, 0.1) is 12.3 Å². The Bertz CT molecular complexity index is 588. The van der Waals surface area contributed by atoms with E-state index in [0.717, 1.165) is 16.9 Å². The summed E-state index contributed by atoms with van der Waals surface area (Å²) in [6.45, 7) is -0.447. The standard InChI is InChI=1S/C15H15F2NO2/c1-2-19-12-5-3-4-10(8-12)11-6-7-13(18)14(9-11)20-15(16)17/h3-9,15H,2,18H2,1H3. The van der Waals surface area contributed by atoms with Crippen LogP contribution in [-0.2, 0) is 0 Å². The first kappa shape index (κ1) is 14.1. The summed E-state index contributed by atoms with van der Waals surface area (Å²) in [5, 5.41) is 0. The molecule has 2 rings (SSSR count). The predicted molar refractivity (Wildman–Crippen MR) is 74.1 cm³/mol. The first-order chi connectivity index (χ1) is 9.60. The highest BCUT2D eigenvalue weighted by Crippen LogP contribution is 2.31. The molecule has 2 aromatic rings. The monoisotopic (exact) mass is 279 g/mol. The zero-order valence-corrected chi connectivity index (χ0v) is 11.0. The lowest BCUT2D eigenvalue weighted by Gasteiger charge is -2.11. The largest absolute Gasteiger partial charge is 0.494 e. The summed E-state index contributed by atoms with van der Waals surface area (Å²) in [5.41, 5.74) is 7.36. The molecule has 0 saturated heterocycles. The van der Waals surface area contributed by atoms with Crippen molar-refractivity contribution in [2.75, 3.05) is 12.3 Å². The maximum absolute atomic E-state index is 12.3. The van der Waals surface area contributed by atoms with Gasteiger partial charge in [-0.3, -0.25) is 0 Å². The van der Waals surface area contributed by atoms with Crippen LogP contribution >= 0.6 is 0 Å². The number of rotatable bonds is 5. The Morgan fingerprint density at radius 2 is 1.85 bits per heavy atom. The summed E-state index contributed by atoms with van der Waals surface area (Å²) in [6.07, 6.45) is 0. The maximum Gasteiger partial charge on any atom is 0.387 e. The second-order valence-electron chi connectivity index (χ2n) is 4.09. The van der Waals surface area contributed by atoms with Crippen molar-refractivity contribution in [3.05, 3.63) is 42.5 Å². The number of halogens is 2. The molecule has 3 nitrogen and oxygen atoms in total. The van der Waals surface area contributed by atoms with Crippen LogP contribution in [0.1, 0.15) is 6.92 Å². The first-order valence-corrected chi connectivity index (χ1v) is 6.17. The highest BCUT2D eigenvalue weighted by molar-refractivity contribution is 5.70. The van der Waals surface area contributed by atoms with Gasteiger partial charge in [-0.25, -0.2) is 0 Å². The summed E-state index contributed by atoms with van der Waals surface area (Å²) in [7, 11) is 0. The molecule has 106 valence electrons. The molecule has 5 heteroatoms. The molecule has 0 unspecified atom stereocenters. The van der Waals surface area contributed by atoms with Crippen molar-refractivity contribution in [2.45, 2.75) is 13.5 Å². The van der Waals surface area contributed by atoms with Crippen LogP contribution in [-0.4, -0.2) is 13.2 Å². The van der Waals surface area contributed by atoms with Crippen LogP contribution in [0.3, 0.4) is 0 Å². The second-order valence-corrected chi connectivity index (χ2v) is 4.09. The lowest BCUT2D eigenvalue weighted by Crippen LogP contribution is -2.04. The Morgan fingerprint density at radius 3 is 2.55 bits per heavy atom. The van der Waals surface area contributed by atoms with E-state index in [1.165, 1.54) is 6.07 Å². The number of anilines is 1. The van der Waals surface area contributed by atoms with Gasteiger partial charge >= 0.3 is 6.61 Å². The van der Waals surface area contributed by atoms with Crippen molar-refractivity contribution in [1.29, 1.82) is 0 Å². The number of hydrogen-bond acceptors (Lipinski definition) is 3. The van der Waals surface area contributed by atoms with Crippen molar-refractivity contribution < 1.29 is 18.3 Å². The molecule has 0 atom stereocenters. The Labute approximate surface area is 115 Å². The fourth-order valence-corrected chi connectivity index (χ4v) is 1.84. The lowest BCUT2D eigenvalue weighted by molar-refractivity contribution is -0.0492. The van der Waals surface area contributed by atoms with Gasteiger partial charge in [-0.2, -0.15) is 8.78 Å². The molecular weight excluding hydrogens is 264 g/mol. The van der Waals surface area contributed by atoms with Gasteiger partial charge in [-0.05, 0) is 42.3 Å². The Kier molecular flexibility index (Phi) is 4.40. The van der Waals surface area contributed by atoms with E-state index >= 15 is 0 Å². The molecule has 0 radical (unpaired) electrons. The maximum atomic E-state index is 12.3. The summed E-state index contributed by atoms with van der Waals surface area (Å²) in [4.78, 5) is 0. The van der Waals surface area contributed by atoms with Crippen LogP contribution in [0.4, 0.5) is 14.5 Å². The lowest BCUT2D eigenvalue weighted by atomic mass is 10.0. The highest BCUT2D eigenvalue weighted by Gasteiger charge is 2.10. The SMILES string of the molecule is CCOc1cccc(-c2ccc(N)c(OC(F)F)c2)c1. The van der Waals surface area contributed by atoms with Gasteiger partial charge in [-0.1, -0.05) is 18.2 Å². The average molecular weight is 279 g/mol. The van der Waals surface area contributed by atoms with Crippen LogP contribution in [0.5, 0.6) is 11.5 Å². The predicted octanol–water partition coefficient (Wildman–Crippen LogP) is 3.94. The normalized spacial score (nSPS) is 10.6. The zero-order valence-electron chi connectivity index (χ0n) is 11.0. The van der Waals surface area contributed by atoms with Gasteiger partial charge in [0.2, 0.25) is 0 Å². The number of alkyl halides is 2. The van der Waals surface area contributed by atoms with Gasteiger partial charge in [0.15, 0.2) is 0 Å². The van der Waals surface area contributed by atoms with Gasteiger partial charge in [-0.15, -0.1) is 0 Å². The molecule has 0 saturated carbocycles. The number of benzene rings is 2. The van der Waals surface area contributed by atoms with E-state index in [9.17, 15) is 8.78 Å². The molecule has 2 aromatic carbocycles. The van der Waals surface area contributed by atoms with E-state index in [0.29, 0.717) is 6.61 Å². The van der Waals surface area contributed by atoms with Gasteiger partial charge in [0.1, 0.15) is 11.5 Å². The Hall–Kier alpha value is -2.30. The number of ether oxygens (including phenoxy) is 2. The molecule has 0 fully saturated rings. The summed E-state index contributed by atoms with van der Waals surface area (Å²) < 4.78 is 34.4. The van der Waals surface area contributed by atoms with Crippen LogP contribution in [0, 0.1) is 0 Å². The van der Waals surface area contributed by atoms with Crippen LogP contribution < -0.4 is 15.2 Å². The van der Waals surface area contributed by atoms with Crippen LogP contribution in [0.15, 0.2) is 42.5 Å². The van der Waals surface area contributed by atoms with Crippen molar-refractivity contribution in [3.63, 3.8) is 0 Å². The molecule has 0 aliphatic rings. The number of hydrogen-bond donors (Lipinski definition) is 1. The third kappa shape index (κ3) is 3.38. The topological polar surface area (TPSA) is 44.5 Å². The first-order valence-electron chi connectivity index (χ1n) is 6.17. The Morgan fingerprint density at radius 1 is 1.10 bits per heavy atom. The molecular formula is C15H15F2NO2. The second kappa shape index (κ2) is 6.23. The highest BCUT2D eigenvalue weighted by atomic mass is 19.3. The molecule has 0 heterocycles. The fraction of sp³-hybridized carbons (Fsp3) is 0.200. The minimum atomic E-state index is -2.90. The van der Waals surface area contributed by atoms with Crippen LogP contribution in [0.2, 0.25) is 0 Å². The molecule has 0 amide bonds. The minimum Gasteiger partial charge on any atom is -0.494 e. The molecule has 0 aromatic heterocycles. The smallest absolute Gasteiger partial charge is 0.387 e. The molecule has 0 aliphatic carbocycles. The number of nitrogen functional groups attached to an aromatic ring is 1. The van der Waals surface area contributed by atoms with E-state index in [2.05, 4.69) is 4.74 Å². The minimum absolute atomic E-state index is 0.0284. The van der Waals surface area contributed by atoms with Crippen molar-refractivity contribution >= 4 is 5.69 Å². The molecule has 2 N–H and O–H groups in total. The van der Waals surface area contributed by atoms with Gasteiger partial charge < -0.3 is 15.2 Å². The van der Waals surface area contributed by atoms with Crippen LogP contribution in [0.25, 0.3) is 11.1 Å². The van der Waals surface area contributed by atoms with Crippen molar-refractivity contribution in [3.8, 4) is 22.6 Å². The molecule has 0 bridgehead atoms. The zero-order chi connectivity index (χ0) is 14.5. The summed E-state index contributed by atoms with van der Waals surface area (Å²) in [6, 6.07) is 12.2. The summed E-state index contributed by atoms with van der Waals surface area (Å²) >= 11 is 0. The van der Waals surface area contributed by atoms with E-state index in [1.807, 2.05) is 31.2 Å².